The molecule has 1 fully saturated rings. The van der Waals surface area contributed by atoms with Crippen molar-refractivity contribution in [3.05, 3.63) is 64.9 Å². The van der Waals surface area contributed by atoms with E-state index >= 15 is 0 Å². The first-order chi connectivity index (χ1) is 18.4. The molecule has 1 atom stereocenters. The highest BCUT2D eigenvalue weighted by atomic mass is 32.1. The molecule has 3 aromatic heterocycles. The minimum atomic E-state index is -0.589. The van der Waals surface area contributed by atoms with Gasteiger partial charge in [-0.05, 0) is 36.5 Å². The summed E-state index contributed by atoms with van der Waals surface area (Å²) in [4.78, 5) is 28.6. The third-order valence-electron chi connectivity index (χ3n) is 7.08. The van der Waals surface area contributed by atoms with Crippen molar-refractivity contribution in [2.24, 2.45) is 5.73 Å². The molecule has 0 saturated carbocycles. The Morgan fingerprint density at radius 3 is 2.66 bits per heavy atom. The van der Waals surface area contributed by atoms with Crippen LogP contribution in [-0.2, 0) is 6.42 Å². The van der Waals surface area contributed by atoms with Gasteiger partial charge in [-0.3, -0.25) is 14.8 Å². The molecule has 0 bridgehead atoms. The van der Waals surface area contributed by atoms with E-state index in [1.165, 1.54) is 11.3 Å². The molecule has 0 spiro atoms. The quantitative estimate of drug-likeness (QED) is 0.256. The van der Waals surface area contributed by atoms with Crippen molar-refractivity contribution >= 4 is 39.0 Å². The molecular formula is C28H33N7O2S. The number of carbonyl (C=O) groups excluding carboxylic acids is 1. The van der Waals surface area contributed by atoms with Crippen molar-refractivity contribution in [2.45, 2.75) is 44.8 Å². The molecule has 1 aromatic carbocycles. The molecule has 1 unspecified atom stereocenters. The smallest absolute Gasteiger partial charge is 0.260 e. The number of aliphatic hydroxyl groups excluding tert-OH is 1. The Labute approximate surface area is 225 Å². The van der Waals surface area contributed by atoms with E-state index in [4.69, 9.17) is 16.5 Å². The number of thiophene rings is 1. The molecule has 1 saturated heterocycles. The summed E-state index contributed by atoms with van der Waals surface area (Å²) in [5.41, 5.74) is 16.0. The fourth-order valence-electron chi connectivity index (χ4n) is 5.03. The Balaban J connectivity index is 1.19. The number of nitrogens with two attached hydrogens (primary N) is 2. The molecule has 1 amide bonds. The zero-order chi connectivity index (χ0) is 26.6. The number of anilines is 2. The standard InChI is InChI=1S/C28H33N7O2S/c1-2-3-19-14-23(34-28-24(19)25(29)26(38-28)27(30)37)35-12-8-20(9-13-35)33-16-22(36)18-6-4-17(5-7-18)21-15-31-10-11-32-21/h4-7,10-11,14-15,20,22,33,36H,2-3,8-9,12-13,16,29H2,1H3,(H2,30,37). The summed E-state index contributed by atoms with van der Waals surface area (Å²) in [7, 11) is 0. The van der Waals surface area contributed by atoms with Crippen LogP contribution in [0.1, 0.15) is 53.1 Å². The number of aliphatic hydroxyl groups is 1. The van der Waals surface area contributed by atoms with Gasteiger partial charge in [-0.2, -0.15) is 0 Å². The zero-order valence-electron chi connectivity index (χ0n) is 21.4. The van der Waals surface area contributed by atoms with E-state index in [2.05, 4.69) is 33.2 Å². The van der Waals surface area contributed by atoms with Crippen molar-refractivity contribution in [1.82, 2.24) is 20.3 Å². The third-order valence-corrected chi connectivity index (χ3v) is 8.20. The van der Waals surface area contributed by atoms with Crippen molar-refractivity contribution in [3.8, 4) is 11.3 Å². The number of carbonyl (C=O) groups is 1. The van der Waals surface area contributed by atoms with Crippen LogP contribution >= 0.6 is 11.3 Å². The van der Waals surface area contributed by atoms with E-state index in [9.17, 15) is 9.90 Å². The number of piperidine rings is 1. The summed E-state index contributed by atoms with van der Waals surface area (Å²) < 4.78 is 0. The van der Waals surface area contributed by atoms with Crippen LogP contribution in [-0.4, -0.2) is 51.6 Å². The van der Waals surface area contributed by atoms with Crippen LogP contribution in [0.5, 0.6) is 0 Å². The Morgan fingerprint density at radius 1 is 1.24 bits per heavy atom. The van der Waals surface area contributed by atoms with Gasteiger partial charge in [-0.15, -0.1) is 11.3 Å². The molecule has 9 nitrogen and oxygen atoms in total. The Bertz CT molecular complexity index is 1400. The van der Waals surface area contributed by atoms with Gasteiger partial charge in [0.15, 0.2) is 0 Å². The van der Waals surface area contributed by atoms with Crippen molar-refractivity contribution in [3.63, 3.8) is 0 Å². The number of nitrogen functional groups attached to an aromatic ring is 1. The van der Waals surface area contributed by atoms with E-state index in [-0.39, 0.29) is 0 Å². The second-order valence-electron chi connectivity index (χ2n) is 9.68. The van der Waals surface area contributed by atoms with E-state index in [0.29, 0.717) is 23.2 Å². The highest BCUT2D eigenvalue weighted by Crippen LogP contribution is 2.37. The number of nitrogens with zero attached hydrogens (tertiary/aromatic N) is 4. The van der Waals surface area contributed by atoms with Gasteiger partial charge < -0.3 is 26.8 Å². The third kappa shape index (κ3) is 5.47. The largest absolute Gasteiger partial charge is 0.397 e. The van der Waals surface area contributed by atoms with E-state index < -0.39 is 12.0 Å². The lowest BCUT2D eigenvalue weighted by atomic mass is 10.0. The molecule has 0 radical (unpaired) electrons. The topological polar surface area (TPSA) is 143 Å². The van der Waals surface area contributed by atoms with Gasteiger partial charge in [0.25, 0.3) is 5.91 Å². The van der Waals surface area contributed by atoms with Crippen LogP contribution in [0.25, 0.3) is 21.5 Å². The fraction of sp³-hybridized carbons (Fsp3) is 0.357. The van der Waals surface area contributed by atoms with Crippen molar-refractivity contribution < 1.29 is 9.90 Å². The fourth-order valence-corrected chi connectivity index (χ4v) is 6.02. The minimum absolute atomic E-state index is 0.317. The van der Waals surface area contributed by atoms with Crippen LogP contribution in [0.2, 0.25) is 0 Å². The molecule has 5 rings (SSSR count). The highest BCUT2D eigenvalue weighted by molar-refractivity contribution is 7.21. The number of aryl methyl sites for hydroxylation is 1. The lowest BCUT2D eigenvalue weighted by molar-refractivity contribution is 0.100. The van der Waals surface area contributed by atoms with E-state index in [1.54, 1.807) is 18.6 Å². The van der Waals surface area contributed by atoms with Gasteiger partial charge in [0.1, 0.15) is 15.5 Å². The summed E-state index contributed by atoms with van der Waals surface area (Å²) in [6.07, 6.45) is 8.18. The summed E-state index contributed by atoms with van der Waals surface area (Å²) in [6.45, 7) is 4.33. The van der Waals surface area contributed by atoms with Crippen LogP contribution in [0.4, 0.5) is 11.5 Å². The number of hydrogen-bond acceptors (Lipinski definition) is 9. The second kappa shape index (κ2) is 11.4. The molecular weight excluding hydrogens is 498 g/mol. The molecule has 38 heavy (non-hydrogen) atoms. The van der Waals surface area contributed by atoms with Gasteiger partial charge in [0.05, 0.1) is 23.7 Å². The lowest BCUT2D eigenvalue weighted by Gasteiger charge is -2.34. The summed E-state index contributed by atoms with van der Waals surface area (Å²) in [5.74, 6) is 0.407. The zero-order valence-corrected chi connectivity index (χ0v) is 22.2. The normalized spacial score (nSPS) is 15.2. The van der Waals surface area contributed by atoms with Gasteiger partial charge in [-0.1, -0.05) is 37.6 Å². The molecule has 4 aromatic rings. The van der Waals surface area contributed by atoms with E-state index in [1.807, 2.05) is 24.3 Å². The second-order valence-corrected chi connectivity index (χ2v) is 10.7. The Morgan fingerprint density at radius 2 is 2.00 bits per heavy atom. The van der Waals surface area contributed by atoms with Gasteiger partial charge in [0.2, 0.25) is 0 Å². The average Bonchev–Trinajstić information content (AvgIpc) is 3.29. The van der Waals surface area contributed by atoms with E-state index in [0.717, 1.165) is 77.2 Å². The number of amides is 1. The molecule has 198 valence electrons. The number of benzene rings is 1. The molecule has 4 heterocycles. The van der Waals surface area contributed by atoms with Crippen LogP contribution in [0.3, 0.4) is 0 Å². The summed E-state index contributed by atoms with van der Waals surface area (Å²) in [6, 6.07) is 10.2. The van der Waals surface area contributed by atoms with Crippen LogP contribution < -0.4 is 21.7 Å². The molecule has 6 N–H and O–H groups in total. The first-order valence-corrected chi connectivity index (χ1v) is 13.8. The molecule has 1 aliphatic heterocycles. The monoisotopic (exact) mass is 531 g/mol. The number of primary amides is 1. The van der Waals surface area contributed by atoms with Crippen LogP contribution in [0, 0.1) is 0 Å². The average molecular weight is 532 g/mol. The molecule has 10 heteroatoms. The van der Waals surface area contributed by atoms with Crippen LogP contribution in [0.15, 0.2) is 48.9 Å². The summed E-state index contributed by atoms with van der Waals surface area (Å²) in [5, 5.41) is 15.1. The lowest BCUT2D eigenvalue weighted by Crippen LogP contribution is -2.44. The molecule has 1 aliphatic rings. The molecule has 0 aliphatic carbocycles. The minimum Gasteiger partial charge on any atom is -0.397 e. The maximum atomic E-state index is 11.8. The maximum absolute atomic E-state index is 11.8. The highest BCUT2D eigenvalue weighted by Gasteiger charge is 2.24. The number of pyridine rings is 1. The number of nitrogens with one attached hydrogen (secondary N) is 1. The first kappa shape index (κ1) is 26.0. The van der Waals surface area contributed by atoms with Gasteiger partial charge >= 0.3 is 0 Å². The van der Waals surface area contributed by atoms with Gasteiger partial charge in [-0.25, -0.2) is 4.98 Å². The Kier molecular flexibility index (Phi) is 7.82. The predicted molar refractivity (Wildman–Crippen MR) is 152 cm³/mol. The van der Waals surface area contributed by atoms with Crippen molar-refractivity contribution in [1.29, 1.82) is 0 Å². The van der Waals surface area contributed by atoms with Gasteiger partial charge in [0, 0.05) is 49.0 Å². The number of fused-ring (bicyclic) bond motifs is 1. The van der Waals surface area contributed by atoms with Crippen molar-refractivity contribution in [2.75, 3.05) is 30.3 Å². The Hall–Kier alpha value is -3.60. The number of rotatable bonds is 9. The summed E-state index contributed by atoms with van der Waals surface area (Å²) >= 11 is 1.28. The number of aromatic nitrogens is 3. The first-order valence-electron chi connectivity index (χ1n) is 13.0. The predicted octanol–water partition coefficient (Wildman–Crippen LogP) is 3.68. The maximum Gasteiger partial charge on any atom is 0.260 e. The SMILES string of the molecule is CCCc1cc(N2CCC(NCC(O)c3ccc(-c4cnccn4)cc3)CC2)nc2sc(C(N)=O)c(N)c12. The number of hydrogen-bond donors (Lipinski definition) is 4.